The lowest BCUT2D eigenvalue weighted by molar-refractivity contribution is -0.120. The Bertz CT molecular complexity index is 746. The van der Waals surface area contributed by atoms with Crippen molar-refractivity contribution in [3.8, 4) is 0 Å². The number of anilines is 1. The Balaban J connectivity index is 2.00. The molecular formula is C19H21FN2O2. The first-order valence-corrected chi connectivity index (χ1v) is 7.73. The molecule has 0 heterocycles. The zero-order valence-electron chi connectivity index (χ0n) is 14.0. The van der Waals surface area contributed by atoms with Crippen molar-refractivity contribution in [2.24, 2.45) is 0 Å². The van der Waals surface area contributed by atoms with Crippen LogP contribution in [-0.2, 0) is 11.3 Å². The van der Waals surface area contributed by atoms with E-state index >= 15 is 0 Å². The molecule has 2 aromatic carbocycles. The van der Waals surface area contributed by atoms with Crippen LogP contribution in [0.4, 0.5) is 10.1 Å². The van der Waals surface area contributed by atoms with Gasteiger partial charge in [-0.05, 0) is 50.7 Å². The molecule has 0 bridgehead atoms. The van der Waals surface area contributed by atoms with Crippen molar-refractivity contribution in [2.75, 3.05) is 12.4 Å². The van der Waals surface area contributed by atoms with Crippen molar-refractivity contribution in [3.05, 3.63) is 65.5 Å². The maximum absolute atomic E-state index is 13.2. The second-order valence-corrected chi connectivity index (χ2v) is 5.85. The van der Waals surface area contributed by atoms with Gasteiger partial charge in [0.25, 0.3) is 0 Å². The predicted octanol–water partition coefficient (Wildman–Crippen LogP) is 3.49. The van der Waals surface area contributed by atoms with Gasteiger partial charge in [-0.25, -0.2) is 4.39 Å². The van der Waals surface area contributed by atoms with Crippen molar-refractivity contribution < 1.29 is 14.0 Å². The highest BCUT2D eigenvalue weighted by Crippen LogP contribution is 2.13. The average molecular weight is 328 g/mol. The number of Topliss-reactive ketones (excluding diaryl/α,β-unsaturated/α-hetero) is 1. The van der Waals surface area contributed by atoms with E-state index in [0.29, 0.717) is 17.8 Å². The molecule has 0 aromatic heterocycles. The van der Waals surface area contributed by atoms with E-state index in [1.54, 1.807) is 44.3 Å². The van der Waals surface area contributed by atoms with E-state index in [1.807, 2.05) is 11.0 Å². The minimum absolute atomic E-state index is 0.0534. The fourth-order valence-electron chi connectivity index (χ4n) is 2.32. The molecular weight excluding hydrogens is 307 g/mol. The van der Waals surface area contributed by atoms with E-state index in [4.69, 9.17) is 0 Å². The van der Waals surface area contributed by atoms with Gasteiger partial charge in [0.05, 0.1) is 6.04 Å². The number of carbonyl (C=O) groups is 2. The maximum atomic E-state index is 13.2. The standard InChI is InChI=1S/C19H21FN2O2/c1-13(22(3)12-15-6-4-8-17(20)10-15)19(24)21-18-9-5-7-16(11-18)14(2)23/h4-11,13H,12H2,1-3H3,(H,21,24)/t13-/m1/s1. The first-order chi connectivity index (χ1) is 11.4. The van der Waals surface area contributed by atoms with Crippen LogP contribution in [0, 0.1) is 5.82 Å². The third-order valence-corrected chi connectivity index (χ3v) is 3.90. The number of nitrogens with zero attached hydrogens (tertiary/aromatic N) is 1. The lowest BCUT2D eigenvalue weighted by Gasteiger charge is -2.24. The summed E-state index contributed by atoms with van der Waals surface area (Å²) >= 11 is 0. The van der Waals surface area contributed by atoms with Crippen molar-refractivity contribution in [3.63, 3.8) is 0 Å². The number of halogens is 1. The molecule has 0 spiro atoms. The Morgan fingerprint density at radius 2 is 1.88 bits per heavy atom. The van der Waals surface area contributed by atoms with Crippen LogP contribution in [0.2, 0.25) is 0 Å². The van der Waals surface area contributed by atoms with Gasteiger partial charge in [0.15, 0.2) is 5.78 Å². The number of nitrogens with one attached hydrogen (secondary N) is 1. The van der Waals surface area contributed by atoms with Crippen molar-refractivity contribution in [1.29, 1.82) is 0 Å². The summed E-state index contributed by atoms with van der Waals surface area (Å²) in [6.07, 6.45) is 0. The summed E-state index contributed by atoms with van der Waals surface area (Å²) in [5.41, 5.74) is 1.93. The molecule has 0 aliphatic carbocycles. The van der Waals surface area contributed by atoms with Gasteiger partial charge in [-0.15, -0.1) is 0 Å². The summed E-state index contributed by atoms with van der Waals surface area (Å²) in [4.78, 5) is 25.6. The lowest BCUT2D eigenvalue weighted by atomic mass is 10.1. The molecule has 1 N–H and O–H groups in total. The molecule has 1 atom stereocenters. The molecule has 0 saturated heterocycles. The number of rotatable bonds is 6. The van der Waals surface area contributed by atoms with Crippen molar-refractivity contribution in [1.82, 2.24) is 4.90 Å². The molecule has 4 nitrogen and oxygen atoms in total. The number of carbonyl (C=O) groups excluding carboxylic acids is 2. The highest BCUT2D eigenvalue weighted by atomic mass is 19.1. The molecule has 0 unspecified atom stereocenters. The summed E-state index contributed by atoms with van der Waals surface area (Å²) in [6, 6.07) is 12.7. The number of hydrogen-bond acceptors (Lipinski definition) is 3. The van der Waals surface area contributed by atoms with E-state index < -0.39 is 6.04 Å². The SMILES string of the molecule is CC(=O)c1cccc(NC(=O)[C@@H](C)N(C)Cc2cccc(F)c2)c1. The topological polar surface area (TPSA) is 49.4 Å². The number of benzene rings is 2. The number of hydrogen-bond donors (Lipinski definition) is 1. The third-order valence-electron chi connectivity index (χ3n) is 3.90. The monoisotopic (exact) mass is 328 g/mol. The highest BCUT2D eigenvalue weighted by molar-refractivity contribution is 5.98. The fraction of sp³-hybridized carbons (Fsp3) is 0.263. The molecule has 0 radical (unpaired) electrons. The van der Waals surface area contributed by atoms with Gasteiger partial charge in [-0.2, -0.15) is 0 Å². The zero-order valence-corrected chi connectivity index (χ0v) is 14.0. The van der Waals surface area contributed by atoms with E-state index in [1.165, 1.54) is 19.1 Å². The Morgan fingerprint density at radius 1 is 1.17 bits per heavy atom. The predicted molar refractivity (Wildman–Crippen MR) is 92.4 cm³/mol. The summed E-state index contributed by atoms with van der Waals surface area (Å²) < 4.78 is 13.2. The highest BCUT2D eigenvalue weighted by Gasteiger charge is 2.18. The first kappa shape index (κ1) is 17.8. The molecule has 1 amide bonds. The molecule has 5 heteroatoms. The van der Waals surface area contributed by atoms with Gasteiger partial charge >= 0.3 is 0 Å². The minimum Gasteiger partial charge on any atom is -0.325 e. The van der Waals surface area contributed by atoms with Crippen LogP contribution in [0.25, 0.3) is 0 Å². The summed E-state index contributed by atoms with van der Waals surface area (Å²) in [5.74, 6) is -0.531. The Kier molecular flexibility index (Phi) is 5.82. The molecule has 0 fully saturated rings. The van der Waals surface area contributed by atoms with E-state index in [0.717, 1.165) is 5.56 Å². The molecule has 0 aliphatic rings. The second-order valence-electron chi connectivity index (χ2n) is 5.85. The lowest BCUT2D eigenvalue weighted by Crippen LogP contribution is -2.39. The smallest absolute Gasteiger partial charge is 0.241 e. The van der Waals surface area contributed by atoms with Gasteiger partial charge in [0.2, 0.25) is 5.91 Å². The quantitative estimate of drug-likeness (QED) is 0.826. The van der Waals surface area contributed by atoms with Gasteiger partial charge in [-0.1, -0.05) is 24.3 Å². The van der Waals surface area contributed by atoms with E-state index in [2.05, 4.69) is 5.32 Å². The van der Waals surface area contributed by atoms with Crippen LogP contribution < -0.4 is 5.32 Å². The largest absolute Gasteiger partial charge is 0.325 e. The van der Waals surface area contributed by atoms with Crippen molar-refractivity contribution >= 4 is 17.4 Å². The molecule has 24 heavy (non-hydrogen) atoms. The molecule has 126 valence electrons. The summed E-state index contributed by atoms with van der Waals surface area (Å²) in [7, 11) is 1.81. The van der Waals surface area contributed by atoms with Gasteiger partial charge in [0, 0.05) is 17.8 Å². The molecule has 0 aliphatic heterocycles. The van der Waals surface area contributed by atoms with Crippen LogP contribution in [0.3, 0.4) is 0 Å². The van der Waals surface area contributed by atoms with Crippen molar-refractivity contribution in [2.45, 2.75) is 26.4 Å². The second kappa shape index (κ2) is 7.84. The molecule has 2 aromatic rings. The van der Waals surface area contributed by atoms with E-state index in [-0.39, 0.29) is 17.5 Å². The zero-order chi connectivity index (χ0) is 17.7. The van der Waals surface area contributed by atoms with Gasteiger partial charge in [0.1, 0.15) is 5.82 Å². The molecule has 0 saturated carbocycles. The first-order valence-electron chi connectivity index (χ1n) is 7.73. The Labute approximate surface area is 141 Å². The number of likely N-dealkylation sites (N-methyl/N-ethyl adjacent to an activating group) is 1. The van der Waals surface area contributed by atoms with Gasteiger partial charge in [-0.3, -0.25) is 14.5 Å². The normalized spacial score (nSPS) is 12.0. The maximum Gasteiger partial charge on any atom is 0.241 e. The Hall–Kier alpha value is -2.53. The summed E-state index contributed by atoms with van der Waals surface area (Å²) in [6.45, 7) is 3.72. The van der Waals surface area contributed by atoms with Crippen LogP contribution in [-0.4, -0.2) is 29.7 Å². The van der Waals surface area contributed by atoms with Crippen LogP contribution >= 0.6 is 0 Å². The average Bonchev–Trinajstić information content (AvgIpc) is 2.54. The summed E-state index contributed by atoms with van der Waals surface area (Å²) in [5, 5.41) is 2.81. The van der Waals surface area contributed by atoms with Crippen LogP contribution in [0.15, 0.2) is 48.5 Å². The number of amides is 1. The molecule has 2 rings (SSSR count). The van der Waals surface area contributed by atoms with Crippen LogP contribution in [0.5, 0.6) is 0 Å². The number of ketones is 1. The fourth-order valence-corrected chi connectivity index (χ4v) is 2.32. The van der Waals surface area contributed by atoms with Gasteiger partial charge < -0.3 is 5.32 Å². The minimum atomic E-state index is -0.408. The van der Waals surface area contributed by atoms with E-state index in [9.17, 15) is 14.0 Å². The van der Waals surface area contributed by atoms with Crippen LogP contribution in [0.1, 0.15) is 29.8 Å². The Morgan fingerprint density at radius 3 is 2.54 bits per heavy atom. The third kappa shape index (κ3) is 4.73.